The fourth-order valence-electron chi connectivity index (χ4n) is 7.44. The molecule has 2 saturated heterocycles. The van der Waals surface area contributed by atoms with Crippen molar-refractivity contribution in [3.8, 4) is 0 Å². The Bertz CT molecular complexity index is 1580. The SMILES string of the molecule is CC(C)[C@H](CO)N1C(=O)[C@H]2[C@@H]3C(=O)O[C@H](c4ccccc4)[C@@H](C)NC(=O)CC/C=C\CN(c4ccc(Cl)cc4)C(=O)[C@H]1[C@@]21C=C[C@@H]3O1. The third-order valence-electron chi connectivity index (χ3n) is 9.74. The van der Waals surface area contributed by atoms with Gasteiger partial charge in [-0.15, -0.1) is 0 Å². The van der Waals surface area contributed by atoms with Gasteiger partial charge in [0.25, 0.3) is 5.91 Å². The molecule has 4 heterocycles. The zero-order valence-corrected chi connectivity index (χ0v) is 27.4. The summed E-state index contributed by atoms with van der Waals surface area (Å²) in [7, 11) is 0. The quantitative estimate of drug-likeness (QED) is 0.367. The molecule has 0 saturated carbocycles. The molecule has 2 fully saturated rings. The van der Waals surface area contributed by atoms with Gasteiger partial charge >= 0.3 is 5.97 Å². The first-order valence-electron chi connectivity index (χ1n) is 16.1. The first kappa shape index (κ1) is 32.9. The number of carbonyl (C=O) groups excluding carboxylic acids is 4. The number of likely N-dealkylation sites (tertiary alicyclic amines) is 1. The summed E-state index contributed by atoms with van der Waals surface area (Å²) in [4.78, 5) is 59.7. The number of hydrogen-bond donors (Lipinski definition) is 2. The molecule has 1 spiro atoms. The molecule has 8 atom stereocenters. The van der Waals surface area contributed by atoms with E-state index < -0.39 is 65.6 Å². The summed E-state index contributed by atoms with van der Waals surface area (Å²) < 4.78 is 12.7. The van der Waals surface area contributed by atoms with Gasteiger partial charge in [0, 0.05) is 23.7 Å². The van der Waals surface area contributed by atoms with Crippen molar-refractivity contribution in [2.45, 2.75) is 69.5 Å². The normalized spacial score (nSPS) is 32.4. The second kappa shape index (κ2) is 13.3. The van der Waals surface area contributed by atoms with Crippen molar-refractivity contribution in [2.24, 2.45) is 17.8 Å². The molecule has 2 N–H and O–H groups in total. The van der Waals surface area contributed by atoms with Crippen molar-refractivity contribution in [1.29, 1.82) is 0 Å². The topological polar surface area (TPSA) is 125 Å². The number of aliphatic hydroxyl groups excluding tert-OH is 1. The Hall–Kier alpha value is -3.99. The molecule has 5 bridgehead atoms. The lowest BCUT2D eigenvalue weighted by atomic mass is 9.74. The van der Waals surface area contributed by atoms with Crippen molar-refractivity contribution in [3.05, 3.63) is 89.5 Å². The fourth-order valence-corrected chi connectivity index (χ4v) is 7.57. The molecule has 10 nitrogen and oxygen atoms in total. The van der Waals surface area contributed by atoms with Crippen molar-refractivity contribution in [3.63, 3.8) is 0 Å². The summed E-state index contributed by atoms with van der Waals surface area (Å²) in [5.41, 5.74) is -0.231. The largest absolute Gasteiger partial charge is 0.455 e. The van der Waals surface area contributed by atoms with E-state index >= 15 is 0 Å². The molecule has 6 rings (SSSR count). The zero-order chi connectivity index (χ0) is 33.5. The van der Waals surface area contributed by atoms with Crippen LogP contribution in [0.1, 0.15) is 45.3 Å². The van der Waals surface area contributed by atoms with Crippen LogP contribution >= 0.6 is 11.6 Å². The molecule has 47 heavy (non-hydrogen) atoms. The minimum atomic E-state index is -1.46. The van der Waals surface area contributed by atoms with Crippen molar-refractivity contribution in [1.82, 2.24) is 10.2 Å². The zero-order valence-electron chi connectivity index (χ0n) is 26.6. The van der Waals surface area contributed by atoms with Crippen LogP contribution in [0, 0.1) is 17.8 Å². The van der Waals surface area contributed by atoms with E-state index in [9.17, 15) is 24.3 Å². The molecular weight excluding hydrogens is 622 g/mol. The van der Waals surface area contributed by atoms with E-state index in [0.29, 0.717) is 22.7 Å². The standard InChI is InChI=1S/C36H40ClN3O7/c1-21(2)26(20-41)40-32-34(44)39(25-15-13-24(37)14-16-25)19-9-5-8-12-28(42)38-22(3)31(23-10-6-4-7-11-23)46-35(45)29-27-17-18-36(32,47-27)30(29)33(40)43/h4-7,9-11,13-18,21-22,26-27,29-32,41H,8,12,19-20H2,1-3H3,(H,38,42)/b9-5-/t22-,26+,27+,29-,30-,31+,32+,36-/m1/s1. The van der Waals surface area contributed by atoms with E-state index in [1.165, 1.54) is 4.90 Å². The molecule has 0 radical (unpaired) electrons. The molecule has 4 aliphatic heterocycles. The van der Waals surface area contributed by atoms with E-state index in [4.69, 9.17) is 21.1 Å². The van der Waals surface area contributed by atoms with Gasteiger partial charge in [0.15, 0.2) is 0 Å². The number of benzene rings is 2. The van der Waals surface area contributed by atoms with Crippen LogP contribution in [0.2, 0.25) is 5.02 Å². The summed E-state index contributed by atoms with van der Waals surface area (Å²) in [5, 5.41) is 14.0. The number of halogens is 1. The molecule has 0 aliphatic carbocycles. The van der Waals surface area contributed by atoms with E-state index in [1.807, 2.05) is 56.3 Å². The highest BCUT2D eigenvalue weighted by Crippen LogP contribution is 2.56. The molecule has 4 aliphatic rings. The maximum atomic E-state index is 14.9. The lowest BCUT2D eigenvalue weighted by Crippen LogP contribution is -2.59. The number of cyclic esters (lactones) is 1. The van der Waals surface area contributed by atoms with Crippen molar-refractivity contribution >= 4 is 41.0 Å². The fraction of sp³-hybridized carbons (Fsp3) is 0.444. The van der Waals surface area contributed by atoms with E-state index in [-0.39, 0.29) is 31.4 Å². The number of aliphatic hydroxyl groups is 1. The Balaban J connectivity index is 1.48. The van der Waals surface area contributed by atoms with Gasteiger partial charge in [0.05, 0.1) is 30.7 Å². The number of fused-ring (bicyclic) bond motifs is 2. The van der Waals surface area contributed by atoms with Gasteiger partial charge < -0.3 is 29.7 Å². The molecule has 3 amide bonds. The van der Waals surface area contributed by atoms with Gasteiger partial charge in [0.2, 0.25) is 11.8 Å². The van der Waals surface area contributed by atoms with Gasteiger partial charge in [-0.25, -0.2) is 0 Å². The van der Waals surface area contributed by atoms with Crippen molar-refractivity contribution in [2.75, 3.05) is 18.1 Å². The van der Waals surface area contributed by atoms with E-state index in [1.54, 1.807) is 48.2 Å². The number of carbonyl (C=O) groups is 4. The number of amides is 3. The summed E-state index contributed by atoms with van der Waals surface area (Å²) in [6, 6.07) is 13.5. The van der Waals surface area contributed by atoms with Gasteiger partial charge in [-0.05, 0) is 49.1 Å². The van der Waals surface area contributed by atoms with Crippen LogP contribution in [-0.4, -0.2) is 76.7 Å². The number of hydrogen-bond acceptors (Lipinski definition) is 7. The summed E-state index contributed by atoms with van der Waals surface area (Å²) >= 11 is 6.19. The predicted octanol–water partition coefficient (Wildman–Crippen LogP) is 3.98. The summed E-state index contributed by atoms with van der Waals surface area (Å²) in [6.45, 7) is 5.28. The first-order chi connectivity index (χ1) is 22.6. The summed E-state index contributed by atoms with van der Waals surface area (Å²) in [6.07, 6.45) is 6.07. The molecule has 248 valence electrons. The third kappa shape index (κ3) is 5.87. The highest BCUT2D eigenvalue weighted by Gasteiger charge is 2.74. The van der Waals surface area contributed by atoms with Crippen LogP contribution in [0.25, 0.3) is 0 Å². The molecule has 2 aromatic carbocycles. The number of nitrogens with zero attached hydrogens (tertiary/aromatic N) is 2. The van der Waals surface area contributed by atoms with E-state index in [2.05, 4.69) is 5.32 Å². The number of rotatable bonds is 5. The lowest BCUT2D eigenvalue weighted by Gasteiger charge is -2.40. The Labute approximate surface area is 279 Å². The summed E-state index contributed by atoms with van der Waals surface area (Å²) in [5.74, 6) is -4.07. The Morgan fingerprint density at radius 3 is 2.43 bits per heavy atom. The third-order valence-corrected chi connectivity index (χ3v) is 9.99. The van der Waals surface area contributed by atoms with Crippen molar-refractivity contribution < 1.29 is 33.8 Å². The molecule has 0 aromatic heterocycles. The lowest BCUT2D eigenvalue weighted by molar-refractivity contribution is -0.161. The highest BCUT2D eigenvalue weighted by atomic mass is 35.5. The monoisotopic (exact) mass is 661 g/mol. The number of nitrogens with one attached hydrogen (secondary N) is 1. The average Bonchev–Trinajstić information content (AvgIpc) is 3.69. The molecular formula is C36H40ClN3O7. The number of ether oxygens (including phenoxy) is 2. The van der Waals surface area contributed by atoms with Crippen LogP contribution in [0.4, 0.5) is 5.69 Å². The maximum Gasteiger partial charge on any atom is 0.313 e. The van der Waals surface area contributed by atoms with Gasteiger partial charge in [-0.1, -0.05) is 80.1 Å². The number of anilines is 1. The van der Waals surface area contributed by atoms with Crippen LogP contribution in [-0.2, 0) is 28.7 Å². The minimum absolute atomic E-state index is 0.137. The van der Waals surface area contributed by atoms with Crippen LogP contribution in [0.15, 0.2) is 78.9 Å². The minimum Gasteiger partial charge on any atom is -0.455 e. The highest BCUT2D eigenvalue weighted by molar-refractivity contribution is 6.30. The Morgan fingerprint density at radius 1 is 1.02 bits per heavy atom. The van der Waals surface area contributed by atoms with Gasteiger partial charge in [0.1, 0.15) is 23.7 Å². The first-order valence-corrected chi connectivity index (χ1v) is 16.5. The number of allylic oxidation sites excluding steroid dienone is 1. The maximum absolute atomic E-state index is 14.9. The Kier molecular flexibility index (Phi) is 9.29. The van der Waals surface area contributed by atoms with Crippen LogP contribution in [0.3, 0.4) is 0 Å². The van der Waals surface area contributed by atoms with E-state index in [0.717, 1.165) is 0 Å². The van der Waals surface area contributed by atoms with Crippen LogP contribution < -0.4 is 10.2 Å². The Morgan fingerprint density at radius 2 is 1.74 bits per heavy atom. The van der Waals surface area contributed by atoms with Gasteiger partial charge in [-0.3, -0.25) is 19.2 Å². The smallest absolute Gasteiger partial charge is 0.313 e. The average molecular weight is 662 g/mol. The van der Waals surface area contributed by atoms with Gasteiger partial charge in [-0.2, -0.15) is 0 Å². The second-order valence-electron chi connectivity index (χ2n) is 13.0. The number of esters is 1. The molecule has 2 aromatic rings. The van der Waals surface area contributed by atoms with Crippen LogP contribution in [0.5, 0.6) is 0 Å². The molecule has 11 heteroatoms. The molecule has 0 unspecified atom stereocenters. The predicted molar refractivity (Wildman–Crippen MR) is 175 cm³/mol. The second-order valence-corrected chi connectivity index (χ2v) is 13.4.